The molecule has 2 rings (SSSR count). The van der Waals surface area contributed by atoms with Crippen LogP contribution in [0, 0.1) is 5.92 Å². The van der Waals surface area contributed by atoms with Crippen molar-refractivity contribution < 1.29 is 9.53 Å². The third-order valence-electron chi connectivity index (χ3n) is 3.07. The molecule has 3 nitrogen and oxygen atoms in total. The van der Waals surface area contributed by atoms with Crippen molar-refractivity contribution in [3.63, 3.8) is 0 Å². The average Bonchev–Trinajstić information content (AvgIpc) is 2.27. The predicted molar refractivity (Wildman–Crippen MR) is 40.1 cm³/mol. The van der Waals surface area contributed by atoms with Crippen LogP contribution in [0.5, 0.6) is 0 Å². The maximum Gasteiger partial charge on any atom is 0.326 e. The molecule has 0 spiro atoms. The summed E-state index contributed by atoms with van der Waals surface area (Å²) in [5.74, 6) is 0.487. The molecule has 0 radical (unpaired) electrons. The van der Waals surface area contributed by atoms with Gasteiger partial charge in [-0.3, -0.25) is 4.79 Å². The molecule has 0 bridgehead atoms. The Morgan fingerprint density at radius 2 is 2.45 bits per heavy atom. The van der Waals surface area contributed by atoms with Crippen molar-refractivity contribution in [2.75, 3.05) is 13.7 Å². The first-order valence-electron chi connectivity index (χ1n) is 4.13. The van der Waals surface area contributed by atoms with Crippen molar-refractivity contribution in [1.29, 1.82) is 0 Å². The van der Waals surface area contributed by atoms with E-state index < -0.39 is 0 Å². The van der Waals surface area contributed by atoms with Gasteiger partial charge in [0.05, 0.1) is 7.11 Å². The Kier molecular flexibility index (Phi) is 1.42. The van der Waals surface area contributed by atoms with Gasteiger partial charge in [-0.2, -0.15) is 0 Å². The number of carbonyl (C=O) groups excluding carboxylic acids is 1. The number of hydrogen-bond acceptors (Lipinski definition) is 3. The van der Waals surface area contributed by atoms with Gasteiger partial charge in [-0.15, -0.1) is 0 Å². The molecule has 1 N–H and O–H groups in total. The van der Waals surface area contributed by atoms with Crippen LogP contribution in [-0.2, 0) is 9.53 Å². The second-order valence-corrected chi connectivity index (χ2v) is 3.41. The minimum Gasteiger partial charge on any atom is -0.468 e. The summed E-state index contributed by atoms with van der Waals surface area (Å²) < 4.78 is 4.76. The summed E-state index contributed by atoms with van der Waals surface area (Å²) in [5, 5.41) is 3.25. The molecule has 3 heteroatoms. The van der Waals surface area contributed by atoms with Crippen LogP contribution >= 0.6 is 0 Å². The third-order valence-corrected chi connectivity index (χ3v) is 3.07. The van der Waals surface area contributed by atoms with E-state index in [1.807, 2.05) is 0 Å². The van der Waals surface area contributed by atoms with Gasteiger partial charge in [-0.05, 0) is 31.7 Å². The SMILES string of the molecule is COC(=O)C12CCC1CCN2. The Morgan fingerprint density at radius 3 is 2.91 bits per heavy atom. The molecule has 1 saturated carbocycles. The largest absolute Gasteiger partial charge is 0.468 e. The fourth-order valence-corrected chi connectivity index (χ4v) is 2.25. The van der Waals surface area contributed by atoms with Gasteiger partial charge in [0.25, 0.3) is 0 Å². The van der Waals surface area contributed by atoms with Crippen LogP contribution in [0.15, 0.2) is 0 Å². The summed E-state index contributed by atoms with van der Waals surface area (Å²) in [7, 11) is 1.46. The van der Waals surface area contributed by atoms with E-state index in [0.29, 0.717) is 5.92 Å². The number of rotatable bonds is 1. The van der Waals surface area contributed by atoms with E-state index in [1.54, 1.807) is 0 Å². The summed E-state index contributed by atoms with van der Waals surface area (Å²) in [4.78, 5) is 11.3. The van der Waals surface area contributed by atoms with Gasteiger partial charge in [-0.1, -0.05) is 0 Å². The van der Waals surface area contributed by atoms with Crippen LogP contribution in [0.3, 0.4) is 0 Å². The second-order valence-electron chi connectivity index (χ2n) is 3.41. The van der Waals surface area contributed by atoms with E-state index in [1.165, 1.54) is 13.5 Å². The molecule has 2 aliphatic rings. The molecule has 62 valence electrons. The van der Waals surface area contributed by atoms with Crippen LogP contribution < -0.4 is 5.32 Å². The molecule has 1 saturated heterocycles. The van der Waals surface area contributed by atoms with E-state index in [0.717, 1.165) is 19.4 Å². The van der Waals surface area contributed by atoms with Crippen LogP contribution in [0.25, 0.3) is 0 Å². The Hall–Kier alpha value is -0.570. The molecule has 0 aromatic rings. The Balaban J connectivity index is 2.15. The highest BCUT2D eigenvalue weighted by Crippen LogP contribution is 2.44. The average molecular weight is 155 g/mol. The zero-order chi connectivity index (χ0) is 7.90. The standard InChI is InChI=1S/C8H13NO2/c1-11-7(10)8-4-2-6(8)3-5-9-8/h6,9H,2-5H2,1H3. The molecule has 0 amide bonds. The summed E-state index contributed by atoms with van der Waals surface area (Å²) in [5.41, 5.74) is -0.269. The van der Waals surface area contributed by atoms with Gasteiger partial charge in [0.1, 0.15) is 5.54 Å². The van der Waals surface area contributed by atoms with Crippen LogP contribution in [0.4, 0.5) is 0 Å². The van der Waals surface area contributed by atoms with E-state index in [9.17, 15) is 4.79 Å². The minimum absolute atomic E-state index is 0.0637. The van der Waals surface area contributed by atoms with Crippen LogP contribution in [0.2, 0.25) is 0 Å². The first-order chi connectivity index (χ1) is 5.29. The zero-order valence-corrected chi connectivity index (χ0v) is 6.72. The number of hydrogen-bond donors (Lipinski definition) is 1. The Morgan fingerprint density at radius 1 is 1.64 bits per heavy atom. The second kappa shape index (κ2) is 2.21. The number of methoxy groups -OCH3 is 1. The number of carbonyl (C=O) groups is 1. The summed E-state index contributed by atoms with van der Waals surface area (Å²) in [6.45, 7) is 0.972. The smallest absolute Gasteiger partial charge is 0.326 e. The predicted octanol–water partition coefficient (Wildman–Crippen LogP) is 0.301. The fourth-order valence-electron chi connectivity index (χ4n) is 2.25. The fraction of sp³-hybridized carbons (Fsp3) is 0.875. The lowest BCUT2D eigenvalue weighted by Gasteiger charge is -2.41. The monoisotopic (exact) mass is 155 g/mol. The molecule has 1 aliphatic heterocycles. The molecular formula is C8H13NO2. The van der Waals surface area contributed by atoms with Gasteiger partial charge in [0.2, 0.25) is 0 Å². The lowest BCUT2D eigenvalue weighted by Crippen LogP contribution is -2.58. The topological polar surface area (TPSA) is 38.3 Å². The molecule has 1 heterocycles. The van der Waals surface area contributed by atoms with Gasteiger partial charge in [0, 0.05) is 0 Å². The molecule has 11 heavy (non-hydrogen) atoms. The minimum atomic E-state index is -0.269. The first-order valence-corrected chi connectivity index (χ1v) is 4.13. The maximum atomic E-state index is 11.3. The molecule has 1 aliphatic carbocycles. The quantitative estimate of drug-likeness (QED) is 0.553. The summed E-state index contributed by atoms with van der Waals surface area (Å²) >= 11 is 0. The third kappa shape index (κ3) is 0.745. The van der Waals surface area contributed by atoms with E-state index in [4.69, 9.17) is 4.74 Å². The van der Waals surface area contributed by atoms with Crippen molar-refractivity contribution in [3.05, 3.63) is 0 Å². The van der Waals surface area contributed by atoms with Crippen molar-refractivity contribution in [2.24, 2.45) is 5.92 Å². The zero-order valence-electron chi connectivity index (χ0n) is 6.72. The first kappa shape index (κ1) is 7.10. The van der Waals surface area contributed by atoms with E-state index >= 15 is 0 Å². The highest BCUT2D eigenvalue weighted by atomic mass is 16.5. The van der Waals surface area contributed by atoms with Crippen molar-refractivity contribution in [1.82, 2.24) is 5.32 Å². The number of fused-ring (bicyclic) bond motifs is 1. The normalized spacial score (nSPS) is 41.0. The highest BCUT2D eigenvalue weighted by molar-refractivity contribution is 5.83. The van der Waals surface area contributed by atoms with Crippen molar-refractivity contribution >= 4 is 5.97 Å². The highest BCUT2D eigenvalue weighted by Gasteiger charge is 2.56. The summed E-state index contributed by atoms with van der Waals surface area (Å²) in [6.07, 6.45) is 3.28. The van der Waals surface area contributed by atoms with E-state index in [-0.39, 0.29) is 11.5 Å². The lowest BCUT2D eigenvalue weighted by molar-refractivity contribution is -0.154. The maximum absolute atomic E-state index is 11.3. The number of ether oxygens (including phenoxy) is 1. The number of nitrogens with one attached hydrogen (secondary N) is 1. The van der Waals surface area contributed by atoms with Gasteiger partial charge < -0.3 is 10.1 Å². The molecular weight excluding hydrogens is 142 g/mol. The molecule has 0 aromatic carbocycles. The lowest BCUT2D eigenvalue weighted by atomic mass is 9.68. The van der Waals surface area contributed by atoms with Crippen molar-refractivity contribution in [3.8, 4) is 0 Å². The molecule has 0 aromatic heterocycles. The summed E-state index contributed by atoms with van der Waals surface area (Å²) in [6, 6.07) is 0. The Bertz CT molecular complexity index is 193. The van der Waals surface area contributed by atoms with Crippen molar-refractivity contribution in [2.45, 2.75) is 24.8 Å². The van der Waals surface area contributed by atoms with Crippen LogP contribution in [-0.4, -0.2) is 25.2 Å². The molecule has 2 fully saturated rings. The van der Waals surface area contributed by atoms with Gasteiger partial charge in [0.15, 0.2) is 0 Å². The van der Waals surface area contributed by atoms with Gasteiger partial charge >= 0.3 is 5.97 Å². The van der Waals surface area contributed by atoms with Crippen LogP contribution in [0.1, 0.15) is 19.3 Å². The van der Waals surface area contributed by atoms with Gasteiger partial charge in [-0.25, -0.2) is 0 Å². The number of esters is 1. The van der Waals surface area contributed by atoms with E-state index in [2.05, 4.69) is 5.32 Å². The Labute approximate surface area is 66.1 Å². The molecule has 2 atom stereocenters. The molecule has 2 unspecified atom stereocenters.